The molecule has 0 radical (unpaired) electrons. The van der Waals surface area contributed by atoms with Gasteiger partial charge < -0.3 is 14.7 Å². The third kappa shape index (κ3) is 3.03. The zero-order chi connectivity index (χ0) is 14.7. The Balaban J connectivity index is 2.16. The molecule has 2 amide bonds. The molecular weight excluding hydrogens is 258 g/mol. The van der Waals surface area contributed by atoms with E-state index in [1.165, 1.54) is 11.8 Å². The van der Waals surface area contributed by atoms with Crippen LogP contribution in [-0.4, -0.2) is 24.0 Å². The first-order valence-corrected chi connectivity index (χ1v) is 6.06. The van der Waals surface area contributed by atoms with Crippen molar-refractivity contribution < 1.29 is 14.1 Å². The summed E-state index contributed by atoms with van der Waals surface area (Å²) in [5, 5.41) is 6.35. The van der Waals surface area contributed by atoms with Crippen molar-refractivity contribution in [3.05, 3.63) is 41.8 Å². The molecular formula is C14H15N3O3. The van der Waals surface area contributed by atoms with Gasteiger partial charge >= 0.3 is 0 Å². The summed E-state index contributed by atoms with van der Waals surface area (Å²) in [4.78, 5) is 24.7. The summed E-state index contributed by atoms with van der Waals surface area (Å²) in [5.74, 6) is -0.319. The van der Waals surface area contributed by atoms with E-state index < -0.39 is 0 Å². The van der Waals surface area contributed by atoms with Gasteiger partial charge in [0.2, 0.25) is 11.7 Å². The van der Waals surface area contributed by atoms with Gasteiger partial charge in [0.15, 0.2) is 0 Å². The maximum atomic E-state index is 11.9. The van der Waals surface area contributed by atoms with E-state index in [1.807, 2.05) is 0 Å². The van der Waals surface area contributed by atoms with Gasteiger partial charge in [0.1, 0.15) is 0 Å². The van der Waals surface area contributed by atoms with Gasteiger partial charge in [0.25, 0.3) is 5.91 Å². The Morgan fingerprint density at radius 2 is 2.05 bits per heavy atom. The third-order valence-electron chi connectivity index (χ3n) is 2.82. The molecule has 0 unspecified atom stereocenters. The molecule has 1 aromatic heterocycles. The number of rotatable bonds is 3. The molecule has 2 rings (SSSR count). The van der Waals surface area contributed by atoms with Crippen LogP contribution < -0.4 is 10.2 Å². The van der Waals surface area contributed by atoms with Crippen LogP contribution in [0.15, 0.2) is 34.9 Å². The van der Waals surface area contributed by atoms with Gasteiger partial charge in [-0.2, -0.15) is 0 Å². The van der Waals surface area contributed by atoms with E-state index >= 15 is 0 Å². The highest BCUT2D eigenvalue weighted by Crippen LogP contribution is 2.19. The largest absolute Gasteiger partial charge is 0.351 e. The van der Waals surface area contributed by atoms with E-state index in [-0.39, 0.29) is 17.6 Å². The number of carbonyl (C=O) groups excluding carboxylic acids is 2. The van der Waals surface area contributed by atoms with Gasteiger partial charge in [-0.1, -0.05) is 11.2 Å². The summed E-state index contributed by atoms with van der Waals surface area (Å²) in [6.07, 6.45) is 0. The number of amides is 2. The van der Waals surface area contributed by atoms with Gasteiger partial charge in [-0.05, 0) is 25.1 Å². The zero-order valence-corrected chi connectivity index (χ0v) is 11.5. The summed E-state index contributed by atoms with van der Waals surface area (Å²) in [7, 11) is 1.67. The van der Waals surface area contributed by atoms with Crippen molar-refractivity contribution >= 4 is 23.2 Å². The van der Waals surface area contributed by atoms with E-state index in [0.717, 1.165) is 0 Å². The molecule has 1 N–H and O–H groups in total. The normalized spacial score (nSPS) is 10.2. The predicted molar refractivity (Wildman–Crippen MR) is 74.7 cm³/mol. The molecule has 0 saturated heterocycles. The number of nitrogens with one attached hydrogen (secondary N) is 1. The van der Waals surface area contributed by atoms with Crippen molar-refractivity contribution in [2.24, 2.45) is 0 Å². The van der Waals surface area contributed by atoms with Crippen LogP contribution in [0.5, 0.6) is 0 Å². The Morgan fingerprint density at radius 1 is 1.30 bits per heavy atom. The fourth-order valence-corrected chi connectivity index (χ4v) is 1.64. The molecule has 6 nitrogen and oxygen atoms in total. The van der Waals surface area contributed by atoms with Crippen LogP contribution in [0.25, 0.3) is 0 Å². The molecule has 1 heterocycles. The van der Waals surface area contributed by atoms with E-state index in [1.54, 1.807) is 44.3 Å². The lowest BCUT2D eigenvalue weighted by Crippen LogP contribution is -2.22. The van der Waals surface area contributed by atoms with Crippen LogP contribution in [0.3, 0.4) is 0 Å². The van der Waals surface area contributed by atoms with Crippen LogP contribution in [0.1, 0.15) is 23.2 Å². The fraction of sp³-hybridized carbons (Fsp3) is 0.214. The third-order valence-corrected chi connectivity index (χ3v) is 2.82. The number of carbonyl (C=O) groups is 2. The van der Waals surface area contributed by atoms with Crippen LogP contribution in [-0.2, 0) is 4.79 Å². The van der Waals surface area contributed by atoms with Gasteiger partial charge in [-0.15, -0.1) is 0 Å². The molecule has 2 aromatic rings. The van der Waals surface area contributed by atoms with Crippen molar-refractivity contribution in [2.75, 3.05) is 17.3 Å². The highest BCUT2D eigenvalue weighted by molar-refractivity contribution is 6.02. The molecule has 0 fully saturated rings. The number of hydrogen-bond donors (Lipinski definition) is 1. The number of aryl methyl sites for hydroxylation is 1. The van der Waals surface area contributed by atoms with Gasteiger partial charge in [0.05, 0.1) is 5.69 Å². The highest BCUT2D eigenvalue weighted by Gasteiger charge is 2.12. The SMILES string of the molecule is CC(=O)N(C)c1cccc(NC(=O)c2cc(C)no2)c1. The maximum absolute atomic E-state index is 11.9. The molecule has 20 heavy (non-hydrogen) atoms. The molecule has 0 saturated carbocycles. The predicted octanol–water partition coefficient (Wildman–Crippen LogP) is 2.22. The molecule has 0 atom stereocenters. The van der Waals surface area contributed by atoms with Gasteiger partial charge in [-0.3, -0.25) is 9.59 Å². The Kier molecular flexibility index (Phi) is 3.84. The summed E-state index contributed by atoms with van der Waals surface area (Å²) < 4.78 is 4.89. The maximum Gasteiger partial charge on any atom is 0.294 e. The Labute approximate surface area is 116 Å². The summed E-state index contributed by atoms with van der Waals surface area (Å²) >= 11 is 0. The quantitative estimate of drug-likeness (QED) is 0.930. The van der Waals surface area contributed by atoms with E-state index in [0.29, 0.717) is 17.1 Å². The lowest BCUT2D eigenvalue weighted by Gasteiger charge is -2.15. The monoisotopic (exact) mass is 273 g/mol. The van der Waals surface area contributed by atoms with Crippen LogP contribution in [0.4, 0.5) is 11.4 Å². The minimum Gasteiger partial charge on any atom is -0.351 e. The van der Waals surface area contributed by atoms with Crippen LogP contribution >= 0.6 is 0 Å². The molecule has 1 aromatic carbocycles. The molecule has 104 valence electrons. The number of hydrogen-bond acceptors (Lipinski definition) is 4. The minimum atomic E-state index is -0.381. The minimum absolute atomic E-state index is 0.0839. The smallest absolute Gasteiger partial charge is 0.294 e. The summed E-state index contributed by atoms with van der Waals surface area (Å²) in [5.41, 5.74) is 1.92. The van der Waals surface area contributed by atoms with Crippen LogP contribution in [0, 0.1) is 6.92 Å². The first-order valence-electron chi connectivity index (χ1n) is 6.06. The standard InChI is InChI=1S/C14H15N3O3/c1-9-7-13(20-16-9)14(19)15-11-5-4-6-12(8-11)17(3)10(2)18/h4-8H,1-3H3,(H,15,19). The lowest BCUT2D eigenvalue weighted by atomic mass is 10.2. The second-order valence-electron chi connectivity index (χ2n) is 4.42. The van der Waals surface area contributed by atoms with Crippen molar-refractivity contribution in [3.8, 4) is 0 Å². The molecule has 0 aliphatic heterocycles. The second-order valence-corrected chi connectivity index (χ2v) is 4.42. The Morgan fingerprint density at radius 3 is 2.65 bits per heavy atom. The molecule has 0 bridgehead atoms. The van der Waals surface area contributed by atoms with E-state index in [2.05, 4.69) is 10.5 Å². The summed E-state index contributed by atoms with van der Waals surface area (Å²) in [6, 6.07) is 8.55. The molecule has 0 aliphatic rings. The molecule has 0 spiro atoms. The average Bonchev–Trinajstić information content (AvgIpc) is 2.85. The Hall–Kier alpha value is -2.63. The second kappa shape index (κ2) is 5.56. The fourth-order valence-electron chi connectivity index (χ4n) is 1.64. The van der Waals surface area contributed by atoms with Crippen molar-refractivity contribution in [1.29, 1.82) is 0 Å². The lowest BCUT2D eigenvalue weighted by molar-refractivity contribution is -0.116. The number of anilines is 2. The highest BCUT2D eigenvalue weighted by atomic mass is 16.5. The first-order chi connectivity index (χ1) is 9.47. The van der Waals surface area contributed by atoms with Crippen molar-refractivity contribution in [2.45, 2.75) is 13.8 Å². The molecule has 6 heteroatoms. The first kappa shape index (κ1) is 13.8. The zero-order valence-electron chi connectivity index (χ0n) is 11.5. The number of nitrogens with zero attached hydrogens (tertiary/aromatic N) is 2. The Bertz CT molecular complexity index is 649. The van der Waals surface area contributed by atoms with Crippen molar-refractivity contribution in [1.82, 2.24) is 5.16 Å². The van der Waals surface area contributed by atoms with E-state index in [9.17, 15) is 9.59 Å². The summed E-state index contributed by atoms with van der Waals surface area (Å²) in [6.45, 7) is 3.21. The number of benzene rings is 1. The van der Waals surface area contributed by atoms with Gasteiger partial charge in [-0.25, -0.2) is 0 Å². The molecule has 0 aliphatic carbocycles. The topological polar surface area (TPSA) is 75.4 Å². The van der Waals surface area contributed by atoms with Crippen LogP contribution in [0.2, 0.25) is 0 Å². The number of aromatic nitrogens is 1. The van der Waals surface area contributed by atoms with E-state index in [4.69, 9.17) is 4.52 Å². The van der Waals surface area contributed by atoms with Crippen molar-refractivity contribution in [3.63, 3.8) is 0 Å². The average molecular weight is 273 g/mol. The van der Waals surface area contributed by atoms with Gasteiger partial charge in [0, 0.05) is 31.4 Å².